The van der Waals surface area contributed by atoms with E-state index in [4.69, 9.17) is 9.47 Å². The third-order valence-corrected chi connectivity index (χ3v) is 2.56. The standard InChI is InChI=1S/C15H22N2O4/c1-11-8-12(10-18)9-16-13(11)20-7-6-17(5)14(19)21-15(2,3)4/h8-10H,6-7H2,1-5H3. The minimum absolute atomic E-state index is 0.296. The molecule has 1 rings (SSSR count). The van der Waals surface area contributed by atoms with Crippen LogP contribution in [-0.4, -0.2) is 48.1 Å². The Balaban J connectivity index is 2.46. The molecular formula is C15H22N2O4. The van der Waals surface area contributed by atoms with Gasteiger partial charge in [-0.3, -0.25) is 4.79 Å². The number of ether oxygens (including phenoxy) is 2. The van der Waals surface area contributed by atoms with E-state index in [1.165, 1.54) is 11.1 Å². The number of nitrogens with zero attached hydrogens (tertiary/aromatic N) is 2. The second-order valence-electron chi connectivity index (χ2n) is 5.76. The van der Waals surface area contributed by atoms with Gasteiger partial charge in [0.1, 0.15) is 12.2 Å². The number of rotatable bonds is 5. The highest BCUT2D eigenvalue weighted by molar-refractivity contribution is 5.74. The SMILES string of the molecule is Cc1cc(C=O)cnc1OCCN(C)C(=O)OC(C)(C)C. The fourth-order valence-corrected chi connectivity index (χ4v) is 1.51. The molecule has 0 N–H and O–H groups in total. The summed E-state index contributed by atoms with van der Waals surface area (Å²) < 4.78 is 10.7. The van der Waals surface area contributed by atoms with Crippen molar-refractivity contribution < 1.29 is 19.1 Å². The van der Waals surface area contributed by atoms with Gasteiger partial charge in [0.25, 0.3) is 0 Å². The van der Waals surface area contributed by atoms with E-state index in [1.54, 1.807) is 13.1 Å². The molecule has 1 aromatic rings. The summed E-state index contributed by atoms with van der Waals surface area (Å²) >= 11 is 0. The van der Waals surface area contributed by atoms with Crippen molar-refractivity contribution >= 4 is 12.4 Å². The zero-order valence-corrected chi connectivity index (χ0v) is 13.2. The molecule has 1 aromatic heterocycles. The van der Waals surface area contributed by atoms with E-state index in [0.29, 0.717) is 24.6 Å². The summed E-state index contributed by atoms with van der Waals surface area (Å²) in [6, 6.07) is 1.70. The zero-order chi connectivity index (χ0) is 16.0. The lowest BCUT2D eigenvalue weighted by Crippen LogP contribution is -2.36. The summed E-state index contributed by atoms with van der Waals surface area (Å²) in [6.07, 6.45) is 1.79. The number of carbonyl (C=O) groups is 2. The van der Waals surface area contributed by atoms with E-state index >= 15 is 0 Å². The van der Waals surface area contributed by atoms with Crippen LogP contribution in [0, 0.1) is 6.92 Å². The zero-order valence-electron chi connectivity index (χ0n) is 13.2. The van der Waals surface area contributed by atoms with Crippen molar-refractivity contribution in [2.75, 3.05) is 20.2 Å². The van der Waals surface area contributed by atoms with Crippen LogP contribution in [0.2, 0.25) is 0 Å². The topological polar surface area (TPSA) is 68.7 Å². The van der Waals surface area contributed by atoms with E-state index in [-0.39, 0.29) is 0 Å². The van der Waals surface area contributed by atoms with Crippen LogP contribution in [0.4, 0.5) is 4.79 Å². The quantitative estimate of drug-likeness (QED) is 0.780. The monoisotopic (exact) mass is 294 g/mol. The lowest BCUT2D eigenvalue weighted by molar-refractivity contribution is 0.0277. The molecular weight excluding hydrogens is 272 g/mol. The highest BCUT2D eigenvalue weighted by Crippen LogP contribution is 2.14. The number of hydrogen-bond donors (Lipinski definition) is 0. The van der Waals surface area contributed by atoms with Gasteiger partial charge in [0.2, 0.25) is 5.88 Å². The van der Waals surface area contributed by atoms with Crippen LogP contribution in [0.1, 0.15) is 36.7 Å². The van der Waals surface area contributed by atoms with Crippen molar-refractivity contribution in [3.63, 3.8) is 0 Å². The normalized spacial score (nSPS) is 10.9. The lowest BCUT2D eigenvalue weighted by atomic mass is 10.2. The molecule has 1 amide bonds. The molecule has 6 nitrogen and oxygen atoms in total. The molecule has 21 heavy (non-hydrogen) atoms. The van der Waals surface area contributed by atoms with Crippen LogP contribution in [-0.2, 0) is 4.74 Å². The molecule has 0 spiro atoms. The van der Waals surface area contributed by atoms with Crippen molar-refractivity contribution in [1.82, 2.24) is 9.88 Å². The fraction of sp³-hybridized carbons (Fsp3) is 0.533. The van der Waals surface area contributed by atoms with Crippen LogP contribution < -0.4 is 4.74 Å². The van der Waals surface area contributed by atoms with Crippen LogP contribution in [0.5, 0.6) is 5.88 Å². The maximum Gasteiger partial charge on any atom is 0.410 e. The highest BCUT2D eigenvalue weighted by atomic mass is 16.6. The molecule has 0 unspecified atom stereocenters. The average molecular weight is 294 g/mol. The number of amides is 1. The molecule has 0 radical (unpaired) electrons. The van der Waals surface area contributed by atoms with Gasteiger partial charge in [-0.15, -0.1) is 0 Å². The van der Waals surface area contributed by atoms with Gasteiger partial charge < -0.3 is 14.4 Å². The van der Waals surface area contributed by atoms with E-state index < -0.39 is 11.7 Å². The average Bonchev–Trinajstić information content (AvgIpc) is 2.38. The van der Waals surface area contributed by atoms with E-state index in [1.807, 2.05) is 27.7 Å². The highest BCUT2D eigenvalue weighted by Gasteiger charge is 2.19. The Morgan fingerprint density at radius 2 is 2.10 bits per heavy atom. The Hall–Kier alpha value is -2.11. The van der Waals surface area contributed by atoms with E-state index in [9.17, 15) is 9.59 Å². The Labute approximate surface area is 125 Å². The minimum Gasteiger partial charge on any atom is -0.476 e. The van der Waals surface area contributed by atoms with Gasteiger partial charge in [0.15, 0.2) is 6.29 Å². The van der Waals surface area contributed by atoms with Crippen molar-refractivity contribution in [3.05, 3.63) is 23.4 Å². The van der Waals surface area contributed by atoms with Gasteiger partial charge in [-0.1, -0.05) is 0 Å². The second-order valence-corrected chi connectivity index (χ2v) is 5.76. The number of aromatic nitrogens is 1. The molecule has 0 aromatic carbocycles. The van der Waals surface area contributed by atoms with Gasteiger partial charge in [-0.25, -0.2) is 9.78 Å². The molecule has 0 fully saturated rings. The number of carbonyl (C=O) groups excluding carboxylic acids is 2. The van der Waals surface area contributed by atoms with Crippen molar-refractivity contribution in [2.45, 2.75) is 33.3 Å². The summed E-state index contributed by atoms with van der Waals surface area (Å²) in [5.74, 6) is 0.457. The Bertz CT molecular complexity index is 509. The van der Waals surface area contributed by atoms with Crippen LogP contribution in [0.25, 0.3) is 0 Å². The molecule has 0 saturated carbocycles. The number of aldehydes is 1. The molecule has 6 heteroatoms. The largest absolute Gasteiger partial charge is 0.476 e. The van der Waals surface area contributed by atoms with E-state index in [0.717, 1.165) is 11.8 Å². The Kier molecular flexibility index (Phi) is 5.69. The molecule has 0 bridgehead atoms. The van der Waals surface area contributed by atoms with Crippen molar-refractivity contribution in [1.29, 1.82) is 0 Å². The van der Waals surface area contributed by atoms with Gasteiger partial charge in [-0.2, -0.15) is 0 Å². The predicted octanol–water partition coefficient (Wildman–Crippen LogP) is 2.45. The molecule has 0 aliphatic rings. The first kappa shape index (κ1) is 16.9. The third kappa shape index (κ3) is 5.81. The first-order valence-electron chi connectivity index (χ1n) is 6.71. The smallest absolute Gasteiger partial charge is 0.410 e. The maximum absolute atomic E-state index is 11.7. The number of pyridine rings is 1. The number of aryl methyl sites for hydroxylation is 1. The van der Waals surface area contributed by atoms with Gasteiger partial charge >= 0.3 is 6.09 Å². The molecule has 1 heterocycles. The Morgan fingerprint density at radius 1 is 1.43 bits per heavy atom. The van der Waals surface area contributed by atoms with Crippen molar-refractivity contribution in [3.8, 4) is 5.88 Å². The van der Waals surface area contributed by atoms with E-state index in [2.05, 4.69) is 4.98 Å². The fourth-order valence-electron chi connectivity index (χ4n) is 1.51. The van der Waals surface area contributed by atoms with Gasteiger partial charge in [0.05, 0.1) is 6.54 Å². The third-order valence-electron chi connectivity index (χ3n) is 2.56. The first-order chi connectivity index (χ1) is 9.73. The summed E-state index contributed by atoms with van der Waals surface area (Å²) in [4.78, 5) is 27.9. The predicted molar refractivity (Wildman–Crippen MR) is 78.7 cm³/mol. The summed E-state index contributed by atoms with van der Waals surface area (Å²) in [7, 11) is 1.65. The van der Waals surface area contributed by atoms with Crippen molar-refractivity contribution in [2.24, 2.45) is 0 Å². The van der Waals surface area contributed by atoms with Crippen LogP contribution in [0.3, 0.4) is 0 Å². The number of likely N-dealkylation sites (N-methyl/N-ethyl adjacent to an activating group) is 1. The van der Waals surface area contributed by atoms with Crippen LogP contribution >= 0.6 is 0 Å². The summed E-state index contributed by atoms with van der Waals surface area (Å²) in [5.41, 5.74) is 0.764. The molecule has 0 aliphatic heterocycles. The summed E-state index contributed by atoms with van der Waals surface area (Å²) in [6.45, 7) is 7.94. The molecule has 0 saturated heterocycles. The second kappa shape index (κ2) is 7.06. The van der Waals surface area contributed by atoms with Gasteiger partial charge in [0, 0.05) is 24.4 Å². The molecule has 0 atom stereocenters. The van der Waals surface area contributed by atoms with Gasteiger partial charge in [-0.05, 0) is 33.8 Å². The minimum atomic E-state index is -0.519. The molecule has 0 aliphatic carbocycles. The summed E-state index contributed by atoms with van der Waals surface area (Å²) in [5, 5.41) is 0. The molecule has 116 valence electrons. The number of hydrogen-bond acceptors (Lipinski definition) is 5. The van der Waals surface area contributed by atoms with Crippen LogP contribution in [0.15, 0.2) is 12.3 Å². The maximum atomic E-state index is 11.7. The Morgan fingerprint density at radius 3 is 2.62 bits per heavy atom. The first-order valence-corrected chi connectivity index (χ1v) is 6.71. The lowest BCUT2D eigenvalue weighted by Gasteiger charge is -2.24.